The van der Waals surface area contributed by atoms with E-state index >= 15 is 0 Å². The molecule has 0 spiro atoms. The molecule has 0 saturated carbocycles. The number of carboxylic acids is 1. The quantitative estimate of drug-likeness (QED) is 0.812. The van der Waals surface area contributed by atoms with Crippen molar-refractivity contribution >= 4 is 11.9 Å². The lowest BCUT2D eigenvalue weighted by Gasteiger charge is -2.37. The molecule has 1 atom stereocenters. The zero-order valence-electron chi connectivity index (χ0n) is 9.90. The van der Waals surface area contributed by atoms with Gasteiger partial charge in [0, 0.05) is 26.2 Å². The number of carboxylic acid groups (broad SMARTS) is 1. The van der Waals surface area contributed by atoms with E-state index in [1.807, 2.05) is 0 Å². The SMILES string of the molecule is CCC(C(=O)O)N1CCN(C(=O)C(F)(F)F)CC1. The van der Waals surface area contributed by atoms with Crippen LogP contribution in [0.3, 0.4) is 0 Å². The van der Waals surface area contributed by atoms with Gasteiger partial charge in [-0.3, -0.25) is 14.5 Å². The van der Waals surface area contributed by atoms with Gasteiger partial charge >= 0.3 is 18.1 Å². The molecule has 1 N–H and O–H groups in total. The van der Waals surface area contributed by atoms with Crippen LogP contribution < -0.4 is 0 Å². The van der Waals surface area contributed by atoms with Gasteiger partial charge in [0.05, 0.1) is 0 Å². The molecule has 0 aromatic rings. The average molecular weight is 268 g/mol. The molecule has 0 aromatic heterocycles. The van der Waals surface area contributed by atoms with E-state index in [-0.39, 0.29) is 26.2 Å². The molecule has 1 unspecified atom stereocenters. The Kier molecular flexibility index (Phi) is 4.55. The van der Waals surface area contributed by atoms with Crippen LogP contribution in [0.5, 0.6) is 0 Å². The zero-order chi connectivity index (χ0) is 13.9. The summed E-state index contributed by atoms with van der Waals surface area (Å²) in [6.07, 6.45) is -4.48. The van der Waals surface area contributed by atoms with Crippen molar-refractivity contribution in [1.82, 2.24) is 9.80 Å². The molecule has 18 heavy (non-hydrogen) atoms. The molecule has 1 saturated heterocycles. The Morgan fingerprint density at radius 2 is 1.72 bits per heavy atom. The summed E-state index contributed by atoms with van der Waals surface area (Å²) in [5.41, 5.74) is 0. The molecule has 0 radical (unpaired) electrons. The zero-order valence-corrected chi connectivity index (χ0v) is 9.90. The summed E-state index contributed by atoms with van der Waals surface area (Å²) in [5.74, 6) is -2.85. The van der Waals surface area contributed by atoms with Gasteiger partial charge in [0.25, 0.3) is 0 Å². The van der Waals surface area contributed by atoms with E-state index in [4.69, 9.17) is 5.11 Å². The standard InChI is InChI=1S/C10H15F3N2O3/c1-2-7(8(16)17)14-3-5-15(6-4-14)9(18)10(11,12)13/h7H,2-6H2,1H3,(H,16,17). The average Bonchev–Trinajstić information content (AvgIpc) is 2.28. The summed E-state index contributed by atoms with van der Waals surface area (Å²) in [5, 5.41) is 8.93. The van der Waals surface area contributed by atoms with E-state index < -0.39 is 24.1 Å². The van der Waals surface area contributed by atoms with Crippen LogP contribution >= 0.6 is 0 Å². The monoisotopic (exact) mass is 268 g/mol. The van der Waals surface area contributed by atoms with Crippen molar-refractivity contribution in [1.29, 1.82) is 0 Å². The number of carbonyl (C=O) groups excluding carboxylic acids is 1. The Morgan fingerprint density at radius 3 is 2.06 bits per heavy atom. The molecule has 0 aromatic carbocycles. The number of alkyl halides is 3. The summed E-state index contributed by atoms with van der Waals surface area (Å²) >= 11 is 0. The number of halogens is 3. The van der Waals surface area contributed by atoms with Crippen LogP contribution in [-0.2, 0) is 9.59 Å². The van der Waals surface area contributed by atoms with Crippen molar-refractivity contribution in [2.75, 3.05) is 26.2 Å². The van der Waals surface area contributed by atoms with E-state index in [0.29, 0.717) is 11.3 Å². The molecule has 0 aliphatic carbocycles. The molecule has 0 bridgehead atoms. The Morgan fingerprint density at radius 1 is 1.22 bits per heavy atom. The van der Waals surface area contributed by atoms with Crippen LogP contribution in [0.25, 0.3) is 0 Å². The summed E-state index contributed by atoms with van der Waals surface area (Å²) in [4.78, 5) is 24.2. The van der Waals surface area contributed by atoms with Crippen LogP contribution in [0.2, 0.25) is 0 Å². The molecule has 1 rings (SSSR count). The van der Waals surface area contributed by atoms with Gasteiger partial charge in [-0.25, -0.2) is 0 Å². The highest BCUT2D eigenvalue weighted by molar-refractivity contribution is 5.82. The molecule has 1 fully saturated rings. The molecule has 1 heterocycles. The van der Waals surface area contributed by atoms with Crippen LogP contribution in [0, 0.1) is 0 Å². The van der Waals surface area contributed by atoms with Gasteiger partial charge < -0.3 is 10.0 Å². The van der Waals surface area contributed by atoms with Crippen molar-refractivity contribution in [3.05, 3.63) is 0 Å². The lowest BCUT2D eigenvalue weighted by atomic mass is 10.1. The fraction of sp³-hybridized carbons (Fsp3) is 0.800. The normalized spacial score (nSPS) is 19.7. The molecule has 104 valence electrons. The molecule has 1 amide bonds. The third-order valence-corrected chi connectivity index (χ3v) is 2.96. The number of hydrogen-bond donors (Lipinski definition) is 1. The van der Waals surface area contributed by atoms with Crippen molar-refractivity contribution < 1.29 is 27.9 Å². The van der Waals surface area contributed by atoms with E-state index in [9.17, 15) is 22.8 Å². The molecule has 5 nitrogen and oxygen atoms in total. The van der Waals surface area contributed by atoms with Crippen molar-refractivity contribution in [2.45, 2.75) is 25.6 Å². The van der Waals surface area contributed by atoms with Gasteiger partial charge in [-0.2, -0.15) is 13.2 Å². The van der Waals surface area contributed by atoms with Gasteiger partial charge in [-0.05, 0) is 6.42 Å². The first kappa shape index (κ1) is 14.7. The fourth-order valence-corrected chi connectivity index (χ4v) is 2.00. The fourth-order valence-electron chi connectivity index (χ4n) is 2.00. The van der Waals surface area contributed by atoms with Gasteiger partial charge in [-0.15, -0.1) is 0 Å². The predicted molar refractivity (Wildman–Crippen MR) is 55.9 cm³/mol. The Balaban J connectivity index is 2.56. The minimum absolute atomic E-state index is 0.0951. The highest BCUT2D eigenvalue weighted by Gasteiger charge is 2.43. The third kappa shape index (κ3) is 3.34. The highest BCUT2D eigenvalue weighted by Crippen LogP contribution is 2.20. The number of aliphatic carboxylic acids is 1. The molecular weight excluding hydrogens is 253 g/mol. The van der Waals surface area contributed by atoms with Crippen LogP contribution in [0.1, 0.15) is 13.3 Å². The molecule has 1 aliphatic heterocycles. The Bertz CT molecular complexity index is 325. The largest absolute Gasteiger partial charge is 0.480 e. The number of hydrogen-bond acceptors (Lipinski definition) is 3. The summed E-state index contributed by atoms with van der Waals surface area (Å²) < 4.78 is 36.6. The Labute approximate surface area is 102 Å². The second-order valence-corrected chi connectivity index (χ2v) is 4.09. The van der Waals surface area contributed by atoms with Crippen LogP contribution in [0.15, 0.2) is 0 Å². The van der Waals surface area contributed by atoms with Crippen molar-refractivity contribution in [3.63, 3.8) is 0 Å². The maximum Gasteiger partial charge on any atom is 0.471 e. The predicted octanol–water partition coefficient (Wildman–Crippen LogP) is 0.556. The summed E-state index contributed by atoms with van der Waals surface area (Å²) in [6.45, 7) is 1.80. The van der Waals surface area contributed by atoms with Gasteiger partial charge in [0.15, 0.2) is 0 Å². The third-order valence-electron chi connectivity index (χ3n) is 2.96. The summed E-state index contributed by atoms with van der Waals surface area (Å²) in [7, 11) is 0. The van der Waals surface area contributed by atoms with Crippen molar-refractivity contribution in [2.24, 2.45) is 0 Å². The molecule has 8 heteroatoms. The maximum absolute atomic E-state index is 12.2. The van der Waals surface area contributed by atoms with E-state index in [0.717, 1.165) is 0 Å². The van der Waals surface area contributed by atoms with Crippen LogP contribution in [-0.4, -0.2) is 65.2 Å². The number of carbonyl (C=O) groups is 2. The topological polar surface area (TPSA) is 60.9 Å². The van der Waals surface area contributed by atoms with Gasteiger partial charge in [-0.1, -0.05) is 6.92 Å². The van der Waals surface area contributed by atoms with E-state index in [1.165, 1.54) is 0 Å². The maximum atomic E-state index is 12.2. The molecule has 1 aliphatic rings. The minimum atomic E-state index is -4.86. The Hall–Kier alpha value is -1.31. The molecular formula is C10H15F3N2O3. The highest BCUT2D eigenvalue weighted by atomic mass is 19.4. The van der Waals surface area contributed by atoms with E-state index in [2.05, 4.69) is 0 Å². The second-order valence-electron chi connectivity index (χ2n) is 4.09. The van der Waals surface area contributed by atoms with Crippen LogP contribution in [0.4, 0.5) is 13.2 Å². The smallest absolute Gasteiger partial charge is 0.471 e. The first-order chi connectivity index (χ1) is 8.27. The first-order valence-electron chi connectivity index (χ1n) is 5.60. The van der Waals surface area contributed by atoms with Gasteiger partial charge in [0.2, 0.25) is 0 Å². The second kappa shape index (κ2) is 5.55. The van der Waals surface area contributed by atoms with Crippen molar-refractivity contribution in [3.8, 4) is 0 Å². The lowest BCUT2D eigenvalue weighted by molar-refractivity contribution is -0.187. The summed E-state index contributed by atoms with van der Waals surface area (Å²) in [6, 6.07) is -0.701. The van der Waals surface area contributed by atoms with E-state index in [1.54, 1.807) is 11.8 Å². The number of piperazine rings is 1. The lowest BCUT2D eigenvalue weighted by Crippen LogP contribution is -2.56. The number of amides is 1. The van der Waals surface area contributed by atoms with Gasteiger partial charge in [0.1, 0.15) is 6.04 Å². The number of rotatable bonds is 3. The number of nitrogens with zero attached hydrogens (tertiary/aromatic N) is 2. The first-order valence-corrected chi connectivity index (χ1v) is 5.60. The minimum Gasteiger partial charge on any atom is -0.480 e.